The van der Waals surface area contributed by atoms with Gasteiger partial charge in [0.25, 0.3) is 0 Å². The van der Waals surface area contributed by atoms with Crippen LogP contribution in [0.4, 0.5) is 0 Å². The van der Waals surface area contributed by atoms with Crippen LogP contribution in [0.1, 0.15) is 32.1 Å². The number of allylic oxidation sites excluding steroid dienone is 1. The summed E-state index contributed by atoms with van der Waals surface area (Å²) in [5.74, 6) is -0.142. The fourth-order valence-electron chi connectivity index (χ4n) is 2.87. The molecule has 78 valence electrons. The maximum absolute atomic E-state index is 11.1. The molecule has 2 aliphatic carbocycles. The van der Waals surface area contributed by atoms with Crippen molar-refractivity contribution in [2.45, 2.75) is 32.1 Å². The van der Waals surface area contributed by atoms with Crippen LogP contribution in [0.5, 0.6) is 0 Å². The lowest BCUT2D eigenvalue weighted by atomic mass is 9.74. The molecule has 0 aromatic heterocycles. The molecule has 3 nitrogen and oxygen atoms in total. The molecular weight excluding hydrogens is 180 g/mol. The molecule has 2 rings (SSSR count). The van der Waals surface area contributed by atoms with Gasteiger partial charge in [0, 0.05) is 0 Å². The van der Waals surface area contributed by atoms with Crippen LogP contribution in [0, 0.1) is 11.3 Å². The van der Waals surface area contributed by atoms with Crippen molar-refractivity contribution < 1.29 is 14.6 Å². The molecule has 0 aromatic carbocycles. The Balaban J connectivity index is 2.16. The molecule has 0 amide bonds. The Labute approximate surface area is 83.8 Å². The van der Waals surface area contributed by atoms with E-state index in [1.165, 1.54) is 5.57 Å². The summed E-state index contributed by atoms with van der Waals surface area (Å²) in [5, 5.41) is 9.18. The summed E-state index contributed by atoms with van der Waals surface area (Å²) >= 11 is 0. The van der Waals surface area contributed by atoms with Crippen LogP contribution in [0.25, 0.3) is 0 Å². The number of aliphatic carboxylic acids is 1. The fourth-order valence-corrected chi connectivity index (χ4v) is 2.87. The molecule has 0 radical (unpaired) electrons. The van der Waals surface area contributed by atoms with Crippen LogP contribution in [0.15, 0.2) is 11.8 Å². The van der Waals surface area contributed by atoms with Gasteiger partial charge < -0.3 is 9.84 Å². The van der Waals surface area contributed by atoms with Gasteiger partial charge in [-0.15, -0.1) is 0 Å². The Bertz CT molecular complexity index is 282. The van der Waals surface area contributed by atoms with Gasteiger partial charge in [-0.3, -0.25) is 4.79 Å². The van der Waals surface area contributed by atoms with E-state index < -0.39 is 11.4 Å². The van der Waals surface area contributed by atoms with E-state index in [-0.39, 0.29) is 0 Å². The Morgan fingerprint density at radius 3 is 3.07 bits per heavy atom. The summed E-state index contributed by atoms with van der Waals surface area (Å²) in [5.41, 5.74) is 0.900. The van der Waals surface area contributed by atoms with E-state index in [0.29, 0.717) is 5.92 Å². The number of carboxylic acids is 1. The third-order valence-corrected chi connectivity index (χ3v) is 3.75. The highest BCUT2D eigenvalue weighted by Crippen LogP contribution is 2.53. The number of hydrogen-bond donors (Lipinski definition) is 1. The van der Waals surface area contributed by atoms with Crippen molar-refractivity contribution in [2.75, 3.05) is 7.11 Å². The number of rotatable bonds is 2. The van der Waals surface area contributed by atoms with Gasteiger partial charge in [0.15, 0.2) is 0 Å². The average Bonchev–Trinajstić information content (AvgIpc) is 2.52. The Morgan fingerprint density at radius 1 is 1.64 bits per heavy atom. The molecule has 0 aliphatic heterocycles. The smallest absolute Gasteiger partial charge is 0.309 e. The lowest BCUT2D eigenvalue weighted by Crippen LogP contribution is -2.31. The van der Waals surface area contributed by atoms with E-state index in [0.717, 1.165) is 32.1 Å². The number of carboxylic acid groups (broad SMARTS) is 1. The molecule has 0 spiro atoms. The predicted molar refractivity (Wildman–Crippen MR) is 51.7 cm³/mol. The highest BCUT2D eigenvalue weighted by atomic mass is 16.5. The molecule has 0 aromatic rings. The van der Waals surface area contributed by atoms with E-state index in [4.69, 9.17) is 4.74 Å². The molecule has 2 unspecified atom stereocenters. The molecule has 2 aliphatic rings. The molecule has 2 atom stereocenters. The van der Waals surface area contributed by atoms with Gasteiger partial charge in [-0.1, -0.05) is 0 Å². The molecular formula is C11H16O3. The van der Waals surface area contributed by atoms with Gasteiger partial charge in [0.1, 0.15) is 0 Å². The van der Waals surface area contributed by atoms with E-state index in [9.17, 15) is 9.90 Å². The summed E-state index contributed by atoms with van der Waals surface area (Å²) in [6.45, 7) is 0. The predicted octanol–water partition coefficient (Wildman–Crippen LogP) is 2.18. The van der Waals surface area contributed by atoms with Gasteiger partial charge >= 0.3 is 5.97 Å². The molecule has 0 saturated heterocycles. The minimum Gasteiger partial charge on any atom is -0.504 e. The normalized spacial score (nSPS) is 38.6. The largest absolute Gasteiger partial charge is 0.504 e. The van der Waals surface area contributed by atoms with Crippen LogP contribution in [0.2, 0.25) is 0 Å². The first-order valence-corrected chi connectivity index (χ1v) is 5.13. The van der Waals surface area contributed by atoms with Crippen LogP contribution < -0.4 is 0 Å². The fraction of sp³-hybridized carbons (Fsp3) is 0.727. The second-order valence-corrected chi connectivity index (χ2v) is 4.45. The number of fused-ring (bicyclic) bond motifs is 2. The van der Waals surface area contributed by atoms with Crippen molar-refractivity contribution in [1.29, 1.82) is 0 Å². The lowest BCUT2D eigenvalue weighted by Gasteiger charge is -2.30. The summed E-state index contributed by atoms with van der Waals surface area (Å²) in [6, 6.07) is 0. The van der Waals surface area contributed by atoms with E-state index >= 15 is 0 Å². The Kier molecular flexibility index (Phi) is 2.25. The maximum atomic E-state index is 11.1. The third kappa shape index (κ3) is 1.31. The van der Waals surface area contributed by atoms with Gasteiger partial charge in [0.2, 0.25) is 0 Å². The van der Waals surface area contributed by atoms with Crippen LogP contribution in [-0.4, -0.2) is 18.2 Å². The number of ether oxygens (including phenoxy) is 1. The van der Waals surface area contributed by atoms with Crippen LogP contribution in [-0.2, 0) is 9.53 Å². The van der Waals surface area contributed by atoms with Crippen molar-refractivity contribution in [2.24, 2.45) is 11.3 Å². The second kappa shape index (κ2) is 3.30. The summed E-state index contributed by atoms with van der Waals surface area (Å²) in [6.07, 6.45) is 6.16. The second-order valence-electron chi connectivity index (χ2n) is 4.45. The monoisotopic (exact) mass is 196 g/mol. The first-order chi connectivity index (χ1) is 6.68. The SMILES string of the molecule is COC=C1CCC2(C(=O)O)CCC1C2. The molecule has 2 bridgehead atoms. The summed E-state index contributed by atoms with van der Waals surface area (Å²) < 4.78 is 5.02. The van der Waals surface area contributed by atoms with Crippen molar-refractivity contribution in [1.82, 2.24) is 0 Å². The summed E-state index contributed by atoms with van der Waals surface area (Å²) in [7, 11) is 1.65. The van der Waals surface area contributed by atoms with Crippen molar-refractivity contribution in [3.63, 3.8) is 0 Å². The first-order valence-electron chi connectivity index (χ1n) is 5.13. The van der Waals surface area contributed by atoms with Gasteiger partial charge in [-0.2, -0.15) is 0 Å². The van der Waals surface area contributed by atoms with Crippen LogP contribution in [0.3, 0.4) is 0 Å². The van der Waals surface area contributed by atoms with Crippen LogP contribution >= 0.6 is 0 Å². The molecule has 1 N–H and O–H groups in total. The molecule has 2 fully saturated rings. The maximum Gasteiger partial charge on any atom is 0.309 e. The minimum atomic E-state index is -0.600. The zero-order valence-electron chi connectivity index (χ0n) is 8.45. The standard InChI is InChI=1S/C11H16O3/c1-14-7-9-3-5-11(10(12)13)4-2-8(9)6-11/h7-8H,2-6H2,1H3,(H,12,13). The zero-order chi connectivity index (χ0) is 10.2. The minimum absolute atomic E-state index is 0.407. The molecule has 3 heteroatoms. The summed E-state index contributed by atoms with van der Waals surface area (Å²) in [4.78, 5) is 11.1. The topological polar surface area (TPSA) is 46.5 Å². The molecule has 0 heterocycles. The number of carbonyl (C=O) groups is 1. The first kappa shape index (κ1) is 9.56. The van der Waals surface area contributed by atoms with Gasteiger partial charge in [0.05, 0.1) is 18.8 Å². The van der Waals surface area contributed by atoms with Crippen molar-refractivity contribution in [3.8, 4) is 0 Å². The Morgan fingerprint density at radius 2 is 2.43 bits per heavy atom. The highest BCUT2D eigenvalue weighted by molar-refractivity contribution is 5.75. The average molecular weight is 196 g/mol. The zero-order valence-corrected chi connectivity index (χ0v) is 8.45. The van der Waals surface area contributed by atoms with E-state index in [2.05, 4.69) is 0 Å². The van der Waals surface area contributed by atoms with E-state index in [1.54, 1.807) is 7.11 Å². The van der Waals surface area contributed by atoms with Crippen molar-refractivity contribution in [3.05, 3.63) is 11.8 Å². The third-order valence-electron chi connectivity index (χ3n) is 3.75. The molecule has 2 saturated carbocycles. The molecule has 14 heavy (non-hydrogen) atoms. The highest BCUT2D eigenvalue weighted by Gasteiger charge is 2.49. The van der Waals surface area contributed by atoms with E-state index in [1.807, 2.05) is 6.26 Å². The quantitative estimate of drug-likeness (QED) is 0.688. The number of methoxy groups -OCH3 is 1. The van der Waals surface area contributed by atoms with Gasteiger partial charge in [-0.25, -0.2) is 0 Å². The Hall–Kier alpha value is -0.990. The lowest BCUT2D eigenvalue weighted by molar-refractivity contribution is -0.149. The number of hydrogen-bond acceptors (Lipinski definition) is 2. The van der Waals surface area contributed by atoms with Gasteiger partial charge in [-0.05, 0) is 43.6 Å². The van der Waals surface area contributed by atoms with Crippen molar-refractivity contribution >= 4 is 5.97 Å².